The van der Waals surface area contributed by atoms with Crippen LogP contribution in [-0.4, -0.2) is 92.1 Å². The van der Waals surface area contributed by atoms with Crippen LogP contribution in [0.2, 0.25) is 5.02 Å². The number of amides is 1. The van der Waals surface area contributed by atoms with Crippen LogP contribution < -0.4 is 0 Å². The summed E-state index contributed by atoms with van der Waals surface area (Å²) in [6, 6.07) is 7.22. The predicted octanol–water partition coefficient (Wildman–Crippen LogP) is 0.990. The van der Waals surface area contributed by atoms with Gasteiger partial charge in [-0.05, 0) is 30.8 Å². The van der Waals surface area contributed by atoms with Gasteiger partial charge in [-0.15, -0.1) is 0 Å². The van der Waals surface area contributed by atoms with Gasteiger partial charge in [-0.25, -0.2) is 0 Å². The Bertz CT molecular complexity index is 781. The third-order valence-electron chi connectivity index (χ3n) is 4.95. The monoisotopic (exact) mass is 412 g/mol. The number of halogens is 1. The molecule has 27 heavy (non-hydrogen) atoms. The molecule has 1 aromatic carbocycles. The first-order valence-electron chi connectivity index (χ1n) is 9.02. The lowest BCUT2D eigenvalue weighted by Crippen LogP contribution is -2.57. The molecule has 148 valence electrons. The SMILES string of the molecule is CN1CCN(S(=O)(=O)N2CCN(C(=O)/C=C/c3ccc(Cl)cc3)CC2)CC1. The third kappa shape index (κ3) is 5.08. The summed E-state index contributed by atoms with van der Waals surface area (Å²) in [7, 11) is -1.45. The Morgan fingerprint density at radius 1 is 0.926 bits per heavy atom. The highest BCUT2D eigenvalue weighted by Crippen LogP contribution is 2.15. The number of hydrogen-bond acceptors (Lipinski definition) is 4. The second kappa shape index (κ2) is 8.70. The number of carbonyl (C=O) groups is 1. The molecule has 0 unspecified atom stereocenters. The zero-order valence-corrected chi connectivity index (χ0v) is 17.0. The number of piperazine rings is 2. The average Bonchev–Trinajstić information content (AvgIpc) is 2.68. The lowest BCUT2D eigenvalue weighted by atomic mass is 10.2. The van der Waals surface area contributed by atoms with Crippen molar-refractivity contribution in [1.82, 2.24) is 18.4 Å². The van der Waals surface area contributed by atoms with E-state index in [-0.39, 0.29) is 5.91 Å². The molecule has 2 aliphatic heterocycles. The molecule has 0 aliphatic carbocycles. The van der Waals surface area contributed by atoms with Gasteiger partial charge >= 0.3 is 0 Å². The molecule has 7 nitrogen and oxygen atoms in total. The van der Waals surface area contributed by atoms with Gasteiger partial charge in [-0.2, -0.15) is 17.0 Å². The second-order valence-corrected chi connectivity index (χ2v) is 9.18. The first-order chi connectivity index (χ1) is 12.9. The van der Waals surface area contributed by atoms with E-state index >= 15 is 0 Å². The Morgan fingerprint density at radius 2 is 1.44 bits per heavy atom. The maximum atomic E-state index is 12.8. The average molecular weight is 413 g/mol. The van der Waals surface area contributed by atoms with Crippen LogP contribution in [0.15, 0.2) is 30.3 Å². The maximum absolute atomic E-state index is 12.8. The molecule has 9 heteroatoms. The molecular weight excluding hydrogens is 388 g/mol. The van der Waals surface area contributed by atoms with E-state index in [1.807, 2.05) is 19.2 Å². The highest BCUT2D eigenvalue weighted by Gasteiger charge is 2.34. The molecule has 0 saturated carbocycles. The minimum atomic E-state index is -3.45. The van der Waals surface area contributed by atoms with Crippen molar-refractivity contribution in [3.8, 4) is 0 Å². The third-order valence-corrected chi connectivity index (χ3v) is 7.24. The summed E-state index contributed by atoms with van der Waals surface area (Å²) >= 11 is 5.85. The summed E-state index contributed by atoms with van der Waals surface area (Å²) in [6.07, 6.45) is 3.26. The van der Waals surface area contributed by atoms with E-state index < -0.39 is 10.2 Å². The van der Waals surface area contributed by atoms with E-state index in [9.17, 15) is 13.2 Å². The van der Waals surface area contributed by atoms with Gasteiger partial charge in [-0.3, -0.25) is 4.79 Å². The zero-order chi connectivity index (χ0) is 19.4. The first-order valence-corrected chi connectivity index (χ1v) is 10.8. The Balaban J connectivity index is 1.53. The van der Waals surface area contributed by atoms with Crippen LogP contribution in [0.5, 0.6) is 0 Å². The molecule has 0 bridgehead atoms. The van der Waals surface area contributed by atoms with E-state index in [2.05, 4.69) is 4.90 Å². The fourth-order valence-electron chi connectivity index (χ4n) is 3.17. The van der Waals surface area contributed by atoms with E-state index in [0.29, 0.717) is 44.3 Å². The molecule has 1 aromatic rings. The van der Waals surface area contributed by atoms with Gasteiger partial charge in [0.1, 0.15) is 0 Å². The van der Waals surface area contributed by atoms with Crippen LogP contribution in [0.1, 0.15) is 5.56 Å². The highest BCUT2D eigenvalue weighted by molar-refractivity contribution is 7.86. The van der Waals surface area contributed by atoms with Crippen molar-refractivity contribution in [2.75, 3.05) is 59.4 Å². The van der Waals surface area contributed by atoms with Crippen LogP contribution in [-0.2, 0) is 15.0 Å². The number of benzene rings is 1. The van der Waals surface area contributed by atoms with Gasteiger partial charge < -0.3 is 9.80 Å². The van der Waals surface area contributed by atoms with Crippen LogP contribution in [0.4, 0.5) is 0 Å². The van der Waals surface area contributed by atoms with Gasteiger partial charge in [0.2, 0.25) is 5.91 Å². The molecule has 2 aliphatic rings. The molecule has 0 atom stereocenters. The fraction of sp³-hybridized carbons (Fsp3) is 0.500. The quantitative estimate of drug-likeness (QED) is 0.692. The Morgan fingerprint density at radius 3 is 2.00 bits per heavy atom. The van der Waals surface area contributed by atoms with Gasteiger partial charge in [0.25, 0.3) is 10.2 Å². The van der Waals surface area contributed by atoms with E-state index in [1.165, 1.54) is 10.4 Å². The van der Waals surface area contributed by atoms with Crippen molar-refractivity contribution in [2.24, 2.45) is 0 Å². The Kier molecular flexibility index (Phi) is 6.54. The summed E-state index contributed by atoms with van der Waals surface area (Å²) in [5, 5.41) is 0.649. The second-order valence-electron chi connectivity index (χ2n) is 6.82. The van der Waals surface area contributed by atoms with Crippen molar-refractivity contribution in [1.29, 1.82) is 0 Å². The van der Waals surface area contributed by atoms with Crippen molar-refractivity contribution >= 4 is 33.8 Å². The predicted molar refractivity (Wildman–Crippen MR) is 107 cm³/mol. The van der Waals surface area contributed by atoms with Crippen LogP contribution in [0.3, 0.4) is 0 Å². The zero-order valence-electron chi connectivity index (χ0n) is 15.4. The smallest absolute Gasteiger partial charge is 0.282 e. The minimum absolute atomic E-state index is 0.110. The van der Waals surface area contributed by atoms with Crippen molar-refractivity contribution in [2.45, 2.75) is 0 Å². The van der Waals surface area contributed by atoms with Crippen LogP contribution in [0, 0.1) is 0 Å². The van der Waals surface area contributed by atoms with E-state index in [1.54, 1.807) is 27.4 Å². The van der Waals surface area contributed by atoms with Gasteiger partial charge in [0.15, 0.2) is 0 Å². The van der Waals surface area contributed by atoms with Crippen LogP contribution in [0.25, 0.3) is 6.08 Å². The summed E-state index contributed by atoms with van der Waals surface area (Å²) in [5.74, 6) is -0.110. The van der Waals surface area contributed by atoms with Crippen molar-refractivity contribution in [3.63, 3.8) is 0 Å². The van der Waals surface area contributed by atoms with Crippen molar-refractivity contribution < 1.29 is 13.2 Å². The van der Waals surface area contributed by atoms with E-state index in [0.717, 1.165) is 18.7 Å². The fourth-order valence-corrected chi connectivity index (χ4v) is 4.87. The molecule has 3 rings (SSSR count). The molecular formula is C18H25ClN4O3S. The Hall–Kier alpha value is -1.45. The minimum Gasteiger partial charge on any atom is -0.337 e. The standard InChI is InChI=1S/C18H25ClN4O3S/c1-20-8-12-22(13-9-20)27(25,26)23-14-10-21(11-15-23)18(24)7-4-16-2-5-17(19)6-3-16/h2-7H,8-15H2,1H3/b7-4+. The Labute approximate surface area is 166 Å². The molecule has 0 aromatic heterocycles. The van der Waals surface area contributed by atoms with E-state index in [4.69, 9.17) is 11.6 Å². The molecule has 2 heterocycles. The number of carbonyl (C=O) groups excluding carboxylic acids is 1. The maximum Gasteiger partial charge on any atom is 0.282 e. The molecule has 0 spiro atoms. The summed E-state index contributed by atoms with van der Waals surface area (Å²) in [5.41, 5.74) is 0.893. The van der Waals surface area contributed by atoms with Gasteiger partial charge in [-0.1, -0.05) is 23.7 Å². The number of nitrogens with zero attached hydrogens (tertiary/aromatic N) is 4. The normalized spacial score (nSPS) is 21.0. The topological polar surface area (TPSA) is 64.2 Å². The number of likely N-dealkylation sites (N-methyl/N-ethyl adjacent to an activating group) is 1. The summed E-state index contributed by atoms with van der Waals surface area (Å²) in [4.78, 5) is 16.2. The molecule has 1 amide bonds. The number of rotatable bonds is 4. The van der Waals surface area contributed by atoms with Crippen LogP contribution >= 0.6 is 11.6 Å². The number of hydrogen-bond donors (Lipinski definition) is 0. The summed E-state index contributed by atoms with van der Waals surface area (Å²) < 4.78 is 28.6. The first kappa shape index (κ1) is 20.3. The molecule has 2 fully saturated rings. The summed E-state index contributed by atoms with van der Waals surface area (Å²) in [6.45, 7) is 3.97. The largest absolute Gasteiger partial charge is 0.337 e. The molecule has 2 saturated heterocycles. The van der Waals surface area contributed by atoms with Gasteiger partial charge in [0.05, 0.1) is 0 Å². The lowest BCUT2D eigenvalue weighted by molar-refractivity contribution is -0.127. The van der Waals surface area contributed by atoms with Crippen molar-refractivity contribution in [3.05, 3.63) is 40.9 Å². The highest BCUT2D eigenvalue weighted by atomic mass is 35.5. The molecule has 0 N–H and O–H groups in total. The molecule has 0 radical (unpaired) electrons. The lowest BCUT2D eigenvalue weighted by Gasteiger charge is -2.38. The van der Waals surface area contributed by atoms with Gasteiger partial charge in [0, 0.05) is 63.5 Å².